The summed E-state index contributed by atoms with van der Waals surface area (Å²) in [6.07, 6.45) is 0. The Morgan fingerprint density at radius 1 is 1.00 bits per heavy atom. The average Bonchev–Trinajstić information content (AvgIpc) is 1.76. The van der Waals surface area contributed by atoms with Gasteiger partial charge in [-0.15, -0.1) is 8.19 Å². The minimum Gasteiger partial charge on any atom is -0.140 e. The van der Waals surface area contributed by atoms with Crippen molar-refractivity contribution in [3.05, 3.63) is 23.7 Å². The Morgan fingerprint density at radius 3 is 1.67 bits per heavy atom. The van der Waals surface area contributed by atoms with Crippen molar-refractivity contribution in [3.63, 3.8) is 0 Å². The second-order valence-electron chi connectivity index (χ2n) is 0.885. The molecule has 0 fully saturated rings. The first-order chi connectivity index (χ1) is 2.50. The summed E-state index contributed by atoms with van der Waals surface area (Å²) >= 11 is 0. The van der Waals surface area contributed by atoms with E-state index in [1.807, 2.05) is 0 Å². The van der Waals surface area contributed by atoms with Gasteiger partial charge in [-0.05, 0) is 11.6 Å². The second kappa shape index (κ2) is 3.51. The van der Waals surface area contributed by atoms with Gasteiger partial charge in [0.05, 0.1) is 0 Å². The van der Waals surface area contributed by atoms with Crippen LogP contribution in [0.5, 0.6) is 0 Å². The predicted octanol–water partition coefficient (Wildman–Crippen LogP) is 1.34. The van der Waals surface area contributed by atoms with Gasteiger partial charge in [-0.25, -0.2) is 0 Å². The van der Waals surface area contributed by atoms with E-state index in [1.165, 1.54) is 0 Å². The van der Waals surface area contributed by atoms with E-state index in [0.29, 0.717) is 0 Å². The van der Waals surface area contributed by atoms with Crippen LogP contribution in [0.4, 0.5) is 0 Å². The van der Waals surface area contributed by atoms with Crippen molar-refractivity contribution in [2.24, 2.45) is 0 Å². The van der Waals surface area contributed by atoms with Crippen LogP contribution >= 0.6 is 8.19 Å². The van der Waals surface area contributed by atoms with Gasteiger partial charge >= 0.3 is 0 Å². The van der Waals surface area contributed by atoms with E-state index in [9.17, 15) is 0 Å². The smallest absolute Gasteiger partial charge is 0 e. The van der Waals surface area contributed by atoms with Crippen molar-refractivity contribution < 1.29 is 0 Å². The third kappa shape index (κ3) is 1.68. The summed E-state index contributed by atoms with van der Waals surface area (Å²) in [7, 11) is 0.948. The number of rotatable bonds is 0. The van der Waals surface area contributed by atoms with Gasteiger partial charge < -0.3 is 0 Å². The van der Waals surface area contributed by atoms with Gasteiger partial charge in [0.1, 0.15) is 0 Å². The molecule has 1 aromatic heterocycles. The largest absolute Gasteiger partial charge is 0.140 e. The topological polar surface area (TPSA) is 0 Å². The van der Waals surface area contributed by atoms with Crippen molar-refractivity contribution in [3.8, 4) is 0 Å². The molecule has 0 saturated heterocycles. The van der Waals surface area contributed by atoms with Gasteiger partial charge in [0.15, 0.2) is 0 Å². The summed E-state index contributed by atoms with van der Waals surface area (Å²) in [6, 6.07) is 4.14. The Balaban J connectivity index is 0.000000250. The first-order valence-electron chi connectivity index (χ1n) is 1.58. The molecule has 0 aromatic carbocycles. The average molecular weight is 157 g/mol. The molecule has 0 aliphatic carbocycles. The molecule has 30 valence electrons. The summed E-state index contributed by atoms with van der Waals surface area (Å²) < 4.78 is 0. The van der Waals surface area contributed by atoms with Crippen LogP contribution < -0.4 is 0 Å². The summed E-state index contributed by atoms with van der Waals surface area (Å²) in [4.78, 5) is 0. The van der Waals surface area contributed by atoms with Gasteiger partial charge in [-0.3, -0.25) is 0 Å². The second-order valence-corrected chi connectivity index (χ2v) is 1.88. The Bertz CT molecular complexity index is 64.0. The molecule has 2 heteroatoms. The van der Waals surface area contributed by atoms with E-state index in [-0.39, 0.29) is 17.6 Å². The van der Waals surface area contributed by atoms with E-state index in [4.69, 9.17) is 0 Å². The fourth-order valence-electron chi connectivity index (χ4n) is 0.278. The number of hydrogen-bond acceptors (Lipinski definition) is 0. The first-order valence-corrected chi connectivity index (χ1v) is 2.73. The van der Waals surface area contributed by atoms with Crippen LogP contribution in [0.15, 0.2) is 23.7 Å². The molecular weight excluding hydrogens is 152 g/mol. The quantitative estimate of drug-likeness (QED) is 0.498. The zero-order valence-corrected chi connectivity index (χ0v) is 6.41. The maximum Gasteiger partial charge on any atom is 0 e. The molecule has 0 nitrogen and oxygen atoms in total. The van der Waals surface area contributed by atoms with Gasteiger partial charge in [0.25, 0.3) is 0 Å². The zero-order chi connectivity index (χ0) is 3.54. The normalized spacial score (nSPS) is 6.67. The molecule has 1 aromatic rings. The van der Waals surface area contributed by atoms with E-state index in [2.05, 4.69) is 23.7 Å². The van der Waals surface area contributed by atoms with E-state index >= 15 is 0 Å². The molecule has 0 aliphatic heterocycles. The Morgan fingerprint density at radius 2 is 1.50 bits per heavy atom. The number of hydrogen-bond donors (Lipinski definition) is 0. The molecule has 1 heterocycles. The molecule has 0 saturated carbocycles. The molecule has 0 amide bonds. The van der Waals surface area contributed by atoms with Gasteiger partial charge in [0.2, 0.25) is 0 Å². The van der Waals surface area contributed by atoms with E-state index in [0.717, 1.165) is 8.19 Å². The van der Waals surface area contributed by atoms with Crippen LogP contribution in [0.3, 0.4) is 0 Å². The molecule has 0 spiro atoms. The minimum absolute atomic E-state index is 0. The molecular formula is C4H5GeP. The van der Waals surface area contributed by atoms with Crippen LogP contribution in [-0.2, 0) is 0 Å². The molecule has 0 N–H and O–H groups in total. The summed E-state index contributed by atoms with van der Waals surface area (Å²) in [5.74, 6) is 4.31. The predicted molar refractivity (Wildman–Crippen MR) is 31.7 cm³/mol. The van der Waals surface area contributed by atoms with Crippen LogP contribution in [0, 0.1) is 0 Å². The van der Waals surface area contributed by atoms with Crippen LogP contribution in [0.2, 0.25) is 0 Å². The third-order valence-corrected chi connectivity index (χ3v) is 1.27. The summed E-state index contributed by atoms with van der Waals surface area (Å²) in [5, 5.41) is 0. The Hall–Kier alpha value is 0.323. The molecule has 4 radical (unpaired) electrons. The van der Waals surface area contributed by atoms with Crippen LogP contribution in [0.1, 0.15) is 0 Å². The monoisotopic (exact) mass is 158 g/mol. The maximum atomic E-state index is 2.15. The van der Waals surface area contributed by atoms with E-state index in [1.54, 1.807) is 0 Å². The molecule has 0 atom stereocenters. The van der Waals surface area contributed by atoms with Crippen LogP contribution in [0.25, 0.3) is 0 Å². The van der Waals surface area contributed by atoms with Gasteiger partial charge in [-0.2, -0.15) is 0 Å². The van der Waals surface area contributed by atoms with Gasteiger partial charge in [-0.1, -0.05) is 12.1 Å². The Labute approximate surface area is 50.0 Å². The SMILES string of the molecule is [Ge].c1cc[pH]c1. The van der Waals surface area contributed by atoms with Crippen molar-refractivity contribution in [1.29, 1.82) is 0 Å². The van der Waals surface area contributed by atoms with Crippen molar-refractivity contribution in [1.82, 2.24) is 0 Å². The fourth-order valence-corrected chi connectivity index (χ4v) is 0.833. The van der Waals surface area contributed by atoms with Gasteiger partial charge in [0, 0.05) is 17.6 Å². The maximum absolute atomic E-state index is 2.15. The third-order valence-electron chi connectivity index (χ3n) is 0.496. The summed E-state index contributed by atoms with van der Waals surface area (Å²) in [6.45, 7) is 0. The summed E-state index contributed by atoms with van der Waals surface area (Å²) in [5.41, 5.74) is 0. The van der Waals surface area contributed by atoms with Crippen molar-refractivity contribution in [2.75, 3.05) is 0 Å². The minimum atomic E-state index is 0. The Kier molecular flexibility index (Phi) is 3.70. The zero-order valence-electron chi connectivity index (χ0n) is 3.31. The van der Waals surface area contributed by atoms with Crippen molar-refractivity contribution in [2.45, 2.75) is 0 Å². The molecule has 0 bridgehead atoms. The molecule has 6 heavy (non-hydrogen) atoms. The standard InChI is InChI=1S/C4H5P.Ge/c1-2-4-5-3-1;/h1-5H;. The molecule has 0 unspecified atom stereocenters. The fraction of sp³-hybridized carbons (Fsp3) is 0. The molecule has 1 rings (SSSR count). The molecule has 0 aliphatic rings. The van der Waals surface area contributed by atoms with Crippen LogP contribution in [-0.4, -0.2) is 17.6 Å². The first kappa shape index (κ1) is 6.32. The van der Waals surface area contributed by atoms with E-state index < -0.39 is 0 Å². The van der Waals surface area contributed by atoms with Crippen molar-refractivity contribution >= 4 is 25.8 Å².